The second-order valence-electron chi connectivity index (χ2n) is 6.05. The van der Waals surface area contributed by atoms with Crippen molar-refractivity contribution in [3.63, 3.8) is 0 Å². The van der Waals surface area contributed by atoms with Gasteiger partial charge in [0.25, 0.3) is 5.91 Å². The lowest BCUT2D eigenvalue weighted by Crippen LogP contribution is -2.49. The number of benzene rings is 2. The Bertz CT molecular complexity index is 850. The van der Waals surface area contributed by atoms with Gasteiger partial charge in [0.05, 0.1) is 4.47 Å². The summed E-state index contributed by atoms with van der Waals surface area (Å²) in [5.74, 6) is -0.761. The SMILES string of the molecule is CCNC(=O)C(C)N(Cc1ccccc1F)C(=O)COc1ccc(Cl)cc1Br. The van der Waals surface area contributed by atoms with Crippen molar-refractivity contribution in [2.24, 2.45) is 0 Å². The van der Waals surface area contributed by atoms with Crippen LogP contribution in [0.25, 0.3) is 0 Å². The minimum Gasteiger partial charge on any atom is -0.483 e. The van der Waals surface area contributed by atoms with Gasteiger partial charge < -0.3 is 15.0 Å². The molecule has 2 aromatic rings. The van der Waals surface area contributed by atoms with Crippen LogP contribution in [-0.2, 0) is 16.1 Å². The summed E-state index contributed by atoms with van der Waals surface area (Å²) >= 11 is 9.22. The molecule has 0 heterocycles. The Morgan fingerprint density at radius 3 is 2.64 bits per heavy atom. The molecule has 28 heavy (non-hydrogen) atoms. The van der Waals surface area contributed by atoms with E-state index in [-0.39, 0.29) is 19.1 Å². The maximum atomic E-state index is 14.1. The smallest absolute Gasteiger partial charge is 0.261 e. The summed E-state index contributed by atoms with van der Waals surface area (Å²) in [5, 5.41) is 3.21. The van der Waals surface area contributed by atoms with E-state index in [0.29, 0.717) is 27.4 Å². The van der Waals surface area contributed by atoms with Crippen molar-refractivity contribution in [3.8, 4) is 5.75 Å². The van der Waals surface area contributed by atoms with E-state index in [9.17, 15) is 14.0 Å². The number of hydrogen-bond donors (Lipinski definition) is 1. The average Bonchev–Trinajstić information content (AvgIpc) is 2.66. The molecule has 1 N–H and O–H groups in total. The van der Waals surface area contributed by atoms with E-state index >= 15 is 0 Å². The summed E-state index contributed by atoms with van der Waals surface area (Å²) < 4.78 is 20.3. The Balaban J connectivity index is 2.18. The van der Waals surface area contributed by atoms with Gasteiger partial charge in [0.2, 0.25) is 5.91 Å². The van der Waals surface area contributed by atoms with Crippen LogP contribution in [0.5, 0.6) is 5.75 Å². The van der Waals surface area contributed by atoms with Crippen LogP contribution in [0, 0.1) is 5.82 Å². The van der Waals surface area contributed by atoms with Crippen molar-refractivity contribution in [2.45, 2.75) is 26.4 Å². The van der Waals surface area contributed by atoms with Crippen molar-refractivity contribution < 1.29 is 18.7 Å². The van der Waals surface area contributed by atoms with Crippen LogP contribution in [-0.4, -0.2) is 35.9 Å². The van der Waals surface area contributed by atoms with Crippen LogP contribution in [0.3, 0.4) is 0 Å². The molecule has 0 aliphatic rings. The van der Waals surface area contributed by atoms with Crippen molar-refractivity contribution >= 4 is 39.3 Å². The molecular weight excluding hydrogens is 451 g/mol. The summed E-state index contributed by atoms with van der Waals surface area (Å²) in [5.41, 5.74) is 0.319. The molecule has 0 saturated carbocycles. The molecule has 150 valence electrons. The highest BCUT2D eigenvalue weighted by Gasteiger charge is 2.27. The highest BCUT2D eigenvalue weighted by atomic mass is 79.9. The highest BCUT2D eigenvalue weighted by Crippen LogP contribution is 2.28. The van der Waals surface area contributed by atoms with Gasteiger partial charge in [0.1, 0.15) is 17.6 Å². The zero-order chi connectivity index (χ0) is 20.7. The lowest BCUT2D eigenvalue weighted by molar-refractivity contribution is -0.142. The third-order valence-corrected chi connectivity index (χ3v) is 4.92. The highest BCUT2D eigenvalue weighted by molar-refractivity contribution is 9.10. The Kier molecular flexibility index (Phi) is 8.26. The minimum atomic E-state index is -0.788. The van der Waals surface area contributed by atoms with Crippen molar-refractivity contribution in [1.29, 1.82) is 0 Å². The van der Waals surface area contributed by atoms with E-state index in [2.05, 4.69) is 21.2 Å². The normalized spacial score (nSPS) is 11.6. The fourth-order valence-corrected chi connectivity index (χ4v) is 3.33. The largest absolute Gasteiger partial charge is 0.483 e. The number of likely N-dealkylation sites (N-methyl/N-ethyl adjacent to an activating group) is 1. The van der Waals surface area contributed by atoms with Crippen molar-refractivity contribution in [1.82, 2.24) is 10.2 Å². The fourth-order valence-electron chi connectivity index (χ4n) is 2.53. The van der Waals surface area contributed by atoms with Gasteiger partial charge >= 0.3 is 0 Å². The van der Waals surface area contributed by atoms with Gasteiger partial charge in [-0.25, -0.2) is 4.39 Å². The number of nitrogens with one attached hydrogen (secondary N) is 1. The maximum Gasteiger partial charge on any atom is 0.261 e. The second kappa shape index (κ2) is 10.4. The lowest BCUT2D eigenvalue weighted by Gasteiger charge is -2.28. The van der Waals surface area contributed by atoms with Crippen molar-refractivity contribution in [3.05, 3.63) is 63.3 Å². The molecule has 5 nitrogen and oxygen atoms in total. The van der Waals surface area contributed by atoms with E-state index in [1.54, 1.807) is 50.2 Å². The summed E-state index contributed by atoms with van der Waals surface area (Å²) in [6.07, 6.45) is 0. The monoisotopic (exact) mass is 470 g/mol. The van der Waals surface area contributed by atoms with E-state index in [1.165, 1.54) is 11.0 Å². The average molecular weight is 472 g/mol. The number of halogens is 3. The Hall–Kier alpha value is -2.12. The molecule has 2 amide bonds. The number of carbonyl (C=O) groups is 2. The molecule has 2 aromatic carbocycles. The van der Waals surface area contributed by atoms with Gasteiger partial charge in [-0.1, -0.05) is 29.8 Å². The first-order chi connectivity index (χ1) is 13.3. The number of ether oxygens (including phenoxy) is 1. The molecule has 2 rings (SSSR count). The van der Waals surface area contributed by atoms with Crippen LogP contribution in [0.4, 0.5) is 4.39 Å². The van der Waals surface area contributed by atoms with Crippen molar-refractivity contribution in [2.75, 3.05) is 13.2 Å². The molecule has 0 saturated heterocycles. The van der Waals surface area contributed by atoms with E-state index < -0.39 is 17.8 Å². The van der Waals surface area contributed by atoms with Gasteiger partial charge in [-0.3, -0.25) is 9.59 Å². The molecule has 0 aromatic heterocycles. The zero-order valence-electron chi connectivity index (χ0n) is 15.5. The first kappa shape index (κ1) is 22.2. The van der Waals surface area contributed by atoms with Crippen LogP contribution >= 0.6 is 27.5 Å². The third kappa shape index (κ3) is 5.94. The number of nitrogens with zero attached hydrogens (tertiary/aromatic N) is 1. The lowest BCUT2D eigenvalue weighted by atomic mass is 10.1. The standard InChI is InChI=1S/C20H21BrClFN2O3/c1-3-24-20(27)13(2)25(11-14-6-4-5-7-17(14)23)19(26)12-28-18-9-8-15(22)10-16(18)21/h4-10,13H,3,11-12H2,1-2H3,(H,24,27). The summed E-state index contributed by atoms with van der Waals surface area (Å²) in [6.45, 7) is 3.46. The molecule has 0 spiro atoms. The quantitative estimate of drug-likeness (QED) is 0.628. The maximum absolute atomic E-state index is 14.1. The summed E-state index contributed by atoms with van der Waals surface area (Å²) in [6, 6.07) is 10.3. The Labute approximate surface area is 176 Å². The first-order valence-electron chi connectivity index (χ1n) is 8.72. The van der Waals surface area contributed by atoms with Crippen LogP contribution in [0.2, 0.25) is 5.02 Å². The molecule has 1 unspecified atom stereocenters. The molecule has 8 heteroatoms. The molecule has 0 bridgehead atoms. The number of rotatable bonds is 8. The Morgan fingerprint density at radius 1 is 1.29 bits per heavy atom. The molecule has 0 aliphatic heterocycles. The molecule has 0 fully saturated rings. The van der Waals surface area contributed by atoms with Crippen LogP contribution in [0.1, 0.15) is 19.4 Å². The second-order valence-corrected chi connectivity index (χ2v) is 7.34. The zero-order valence-corrected chi connectivity index (χ0v) is 17.9. The van der Waals surface area contributed by atoms with Gasteiger partial charge in [-0.2, -0.15) is 0 Å². The first-order valence-corrected chi connectivity index (χ1v) is 9.89. The molecular formula is C20H21BrClFN2O3. The number of amides is 2. The van der Waals surface area contributed by atoms with E-state index in [1.807, 2.05) is 0 Å². The number of carbonyl (C=O) groups excluding carboxylic acids is 2. The minimum absolute atomic E-state index is 0.0467. The predicted octanol–water partition coefficient (Wildman–Crippen LogP) is 4.17. The summed E-state index contributed by atoms with van der Waals surface area (Å²) in [7, 11) is 0. The van der Waals surface area contributed by atoms with E-state index in [4.69, 9.17) is 16.3 Å². The summed E-state index contributed by atoms with van der Waals surface area (Å²) in [4.78, 5) is 26.4. The third-order valence-electron chi connectivity index (χ3n) is 4.06. The van der Waals surface area contributed by atoms with Gasteiger partial charge in [-0.05, 0) is 54.0 Å². The molecule has 0 radical (unpaired) electrons. The number of hydrogen-bond acceptors (Lipinski definition) is 3. The predicted molar refractivity (Wildman–Crippen MR) is 110 cm³/mol. The Morgan fingerprint density at radius 2 is 2.00 bits per heavy atom. The van der Waals surface area contributed by atoms with Crippen LogP contribution in [0.15, 0.2) is 46.9 Å². The van der Waals surface area contributed by atoms with Crippen LogP contribution < -0.4 is 10.1 Å². The van der Waals surface area contributed by atoms with E-state index in [0.717, 1.165) is 0 Å². The van der Waals surface area contributed by atoms with Gasteiger partial charge in [0, 0.05) is 23.7 Å². The fraction of sp³-hybridized carbons (Fsp3) is 0.300. The molecule has 0 aliphatic carbocycles. The topological polar surface area (TPSA) is 58.6 Å². The van der Waals surface area contributed by atoms with Gasteiger partial charge in [-0.15, -0.1) is 0 Å². The van der Waals surface area contributed by atoms with Gasteiger partial charge in [0.15, 0.2) is 6.61 Å². The molecule has 1 atom stereocenters.